The van der Waals surface area contributed by atoms with Crippen molar-refractivity contribution >= 4 is 41.5 Å². The number of nitrogens with zero attached hydrogens (tertiary/aromatic N) is 1. The third-order valence-electron chi connectivity index (χ3n) is 5.73. The van der Waals surface area contributed by atoms with Crippen molar-refractivity contribution in [2.75, 3.05) is 11.9 Å². The summed E-state index contributed by atoms with van der Waals surface area (Å²) in [4.78, 5) is 50.4. The molecule has 9 nitrogen and oxygen atoms in total. The summed E-state index contributed by atoms with van der Waals surface area (Å²) < 4.78 is 0. The number of rotatable bonds is 6. The van der Waals surface area contributed by atoms with Crippen molar-refractivity contribution < 1.29 is 29.4 Å². The van der Waals surface area contributed by atoms with Crippen LogP contribution >= 0.6 is 0 Å². The van der Waals surface area contributed by atoms with Crippen LogP contribution in [0.4, 0.5) is 5.69 Å². The topological polar surface area (TPSA) is 136 Å². The smallest absolute Gasteiger partial charge is 0.303 e. The minimum Gasteiger partial charge on any atom is -0.508 e. The summed E-state index contributed by atoms with van der Waals surface area (Å²) in [5.41, 5.74) is 2.40. The summed E-state index contributed by atoms with van der Waals surface area (Å²) in [5, 5.41) is 23.6. The number of carbonyl (C=O) groups excluding carboxylic acids is 3. The highest BCUT2D eigenvalue weighted by Gasteiger charge is 2.45. The Morgan fingerprint density at radius 2 is 1.76 bits per heavy atom. The Morgan fingerprint density at radius 1 is 1.06 bits per heavy atom. The van der Waals surface area contributed by atoms with Crippen LogP contribution in [0.3, 0.4) is 0 Å². The molecule has 0 saturated carbocycles. The molecule has 0 spiro atoms. The van der Waals surface area contributed by atoms with E-state index in [-0.39, 0.29) is 24.5 Å². The Bertz CT molecular complexity index is 1140. The normalized spacial score (nSPS) is 19.6. The van der Waals surface area contributed by atoms with Crippen molar-refractivity contribution in [3.05, 3.63) is 59.2 Å². The van der Waals surface area contributed by atoms with Gasteiger partial charge in [0, 0.05) is 13.0 Å². The molecule has 1 fully saturated rings. The van der Waals surface area contributed by atoms with Crippen LogP contribution in [-0.2, 0) is 14.4 Å². The maximum atomic E-state index is 13.3. The number of hydrogen-bond acceptors (Lipinski definition) is 5. The van der Waals surface area contributed by atoms with E-state index in [9.17, 15) is 24.3 Å². The maximum absolute atomic E-state index is 13.3. The van der Waals surface area contributed by atoms with Gasteiger partial charge in [0.1, 0.15) is 11.8 Å². The highest BCUT2D eigenvalue weighted by Crippen LogP contribution is 2.30. The number of aliphatic carboxylic acids is 1. The zero-order chi connectivity index (χ0) is 23.5. The summed E-state index contributed by atoms with van der Waals surface area (Å²) >= 11 is 0. The van der Waals surface area contributed by atoms with E-state index in [4.69, 9.17) is 5.11 Å². The van der Waals surface area contributed by atoms with E-state index >= 15 is 0 Å². The molecule has 0 radical (unpaired) electrons. The first-order chi connectivity index (χ1) is 15.8. The van der Waals surface area contributed by atoms with Crippen molar-refractivity contribution in [2.45, 2.75) is 31.3 Å². The Hall–Kier alpha value is -4.14. The lowest BCUT2D eigenvalue weighted by Gasteiger charge is -2.24. The van der Waals surface area contributed by atoms with E-state index in [1.165, 1.54) is 4.90 Å². The zero-order valence-corrected chi connectivity index (χ0v) is 17.7. The Balaban J connectivity index is 1.52. The maximum Gasteiger partial charge on any atom is 0.303 e. The number of nitrogens with one attached hydrogen (secondary N) is 2. The van der Waals surface area contributed by atoms with Gasteiger partial charge in [-0.1, -0.05) is 30.4 Å². The predicted molar refractivity (Wildman–Crippen MR) is 120 cm³/mol. The zero-order valence-electron chi connectivity index (χ0n) is 17.7. The molecule has 9 heteroatoms. The molecule has 0 bridgehead atoms. The average molecular weight is 449 g/mol. The molecule has 2 heterocycles. The molecule has 2 aromatic rings. The van der Waals surface area contributed by atoms with Crippen molar-refractivity contribution in [1.82, 2.24) is 10.2 Å². The second-order valence-electron chi connectivity index (χ2n) is 8.02. The molecule has 0 aromatic heterocycles. The number of aromatic hydroxyl groups is 1. The molecule has 170 valence electrons. The molecule has 4 N–H and O–H groups in total. The van der Waals surface area contributed by atoms with E-state index in [1.54, 1.807) is 42.5 Å². The molecule has 2 aliphatic rings. The van der Waals surface area contributed by atoms with Crippen LogP contribution < -0.4 is 10.6 Å². The Labute approximate surface area is 189 Å². The number of carbonyl (C=O) groups is 4. The van der Waals surface area contributed by atoms with Crippen LogP contribution in [0.2, 0.25) is 0 Å². The second kappa shape index (κ2) is 9.15. The van der Waals surface area contributed by atoms with Gasteiger partial charge in [0.2, 0.25) is 11.8 Å². The van der Waals surface area contributed by atoms with Crippen LogP contribution in [0.1, 0.15) is 40.7 Å². The Kier molecular flexibility index (Phi) is 6.12. The van der Waals surface area contributed by atoms with Gasteiger partial charge in [-0.2, -0.15) is 0 Å². The summed E-state index contributed by atoms with van der Waals surface area (Å²) in [6.45, 7) is 0.299. The van der Waals surface area contributed by atoms with E-state index in [0.717, 1.165) is 11.1 Å². The first kappa shape index (κ1) is 22.1. The van der Waals surface area contributed by atoms with Gasteiger partial charge in [-0.05, 0) is 41.8 Å². The number of anilines is 1. The molecule has 2 aliphatic heterocycles. The molecule has 1 saturated heterocycles. The van der Waals surface area contributed by atoms with Gasteiger partial charge in [-0.15, -0.1) is 0 Å². The highest BCUT2D eigenvalue weighted by atomic mass is 16.4. The van der Waals surface area contributed by atoms with Crippen molar-refractivity contribution in [3.8, 4) is 5.75 Å². The van der Waals surface area contributed by atoms with Gasteiger partial charge in [-0.3, -0.25) is 19.2 Å². The number of carboxylic acid groups (broad SMARTS) is 1. The van der Waals surface area contributed by atoms with Crippen molar-refractivity contribution in [2.24, 2.45) is 0 Å². The largest absolute Gasteiger partial charge is 0.508 e. The van der Waals surface area contributed by atoms with Gasteiger partial charge >= 0.3 is 5.97 Å². The van der Waals surface area contributed by atoms with E-state index in [1.807, 2.05) is 12.2 Å². The minimum absolute atomic E-state index is 0.176. The van der Waals surface area contributed by atoms with Crippen LogP contribution in [0.15, 0.2) is 42.5 Å². The molecule has 4 rings (SSSR count). The number of fused-ring (bicyclic) bond motifs is 2. The second-order valence-corrected chi connectivity index (χ2v) is 8.02. The van der Waals surface area contributed by atoms with Crippen LogP contribution in [-0.4, -0.2) is 57.4 Å². The van der Waals surface area contributed by atoms with Crippen molar-refractivity contribution in [3.63, 3.8) is 0 Å². The van der Waals surface area contributed by atoms with E-state index < -0.39 is 29.9 Å². The molecule has 0 aliphatic carbocycles. The number of phenols is 1. The third-order valence-corrected chi connectivity index (χ3v) is 5.73. The fraction of sp³-hybridized carbons (Fsp3) is 0.250. The lowest BCUT2D eigenvalue weighted by atomic mass is 10.1. The molecule has 2 atom stereocenters. The molecule has 33 heavy (non-hydrogen) atoms. The van der Waals surface area contributed by atoms with Gasteiger partial charge in [0.25, 0.3) is 5.91 Å². The SMILES string of the molecule is O=C(O)CCC(=O)N[C@H]1CCN2C(=O)c3cc(C=Cc4ccc(O)cc4)ccc3NC(=O)[C@H]12. The number of carboxylic acids is 1. The minimum atomic E-state index is -1.08. The number of hydrogen-bond donors (Lipinski definition) is 4. The number of amides is 3. The van der Waals surface area contributed by atoms with E-state index in [0.29, 0.717) is 24.2 Å². The number of phenolic OH excluding ortho intramolecular Hbond substituents is 1. The standard InChI is InChI=1S/C24H23N3O6/c28-16-6-3-14(4-7-16)1-2-15-5-8-18-17(13-15)24(33)27-12-11-19(22(27)23(32)26-18)25-20(29)9-10-21(30)31/h1-8,13,19,22,28H,9-12H2,(H,25,29)(H,26,32)(H,30,31)/t19-,22-/m0/s1. The van der Waals surface area contributed by atoms with Crippen LogP contribution in [0.25, 0.3) is 12.2 Å². The lowest BCUT2D eigenvalue weighted by Crippen LogP contribution is -2.51. The molecular formula is C24H23N3O6. The van der Waals surface area contributed by atoms with E-state index in [2.05, 4.69) is 10.6 Å². The highest BCUT2D eigenvalue weighted by molar-refractivity contribution is 6.11. The monoisotopic (exact) mass is 449 g/mol. The Morgan fingerprint density at radius 3 is 2.48 bits per heavy atom. The molecular weight excluding hydrogens is 426 g/mol. The molecule has 3 amide bonds. The molecule has 0 unspecified atom stereocenters. The van der Waals surface area contributed by atoms with Gasteiger partial charge < -0.3 is 25.7 Å². The summed E-state index contributed by atoms with van der Waals surface area (Å²) in [5.74, 6) is -2.07. The number of benzene rings is 2. The van der Waals surface area contributed by atoms with Gasteiger partial charge in [0.15, 0.2) is 0 Å². The first-order valence-corrected chi connectivity index (χ1v) is 10.6. The lowest BCUT2D eigenvalue weighted by molar-refractivity contribution is -0.139. The quantitative estimate of drug-likeness (QED) is 0.499. The predicted octanol–water partition coefficient (Wildman–Crippen LogP) is 2.08. The van der Waals surface area contributed by atoms with Crippen LogP contribution in [0.5, 0.6) is 5.75 Å². The summed E-state index contributed by atoms with van der Waals surface area (Å²) in [6, 6.07) is 10.4. The van der Waals surface area contributed by atoms with Crippen molar-refractivity contribution in [1.29, 1.82) is 0 Å². The van der Waals surface area contributed by atoms with Crippen LogP contribution in [0, 0.1) is 0 Å². The average Bonchev–Trinajstić information content (AvgIpc) is 3.16. The molecule has 2 aromatic carbocycles. The fourth-order valence-electron chi connectivity index (χ4n) is 4.09. The fourth-order valence-corrected chi connectivity index (χ4v) is 4.09. The third kappa shape index (κ3) is 4.87. The van der Waals surface area contributed by atoms with Gasteiger partial charge in [-0.25, -0.2) is 0 Å². The first-order valence-electron chi connectivity index (χ1n) is 10.6. The summed E-state index contributed by atoms with van der Waals surface area (Å²) in [6.07, 6.45) is 3.59. The van der Waals surface area contributed by atoms with Gasteiger partial charge in [0.05, 0.1) is 23.7 Å². The summed E-state index contributed by atoms with van der Waals surface area (Å²) in [7, 11) is 0.